The van der Waals surface area contributed by atoms with Crippen LogP contribution in [-0.2, 0) is 11.3 Å². The van der Waals surface area contributed by atoms with Crippen molar-refractivity contribution in [2.45, 2.75) is 6.54 Å². The average molecular weight is 320 g/mol. The van der Waals surface area contributed by atoms with Crippen LogP contribution in [0.3, 0.4) is 0 Å². The van der Waals surface area contributed by atoms with Gasteiger partial charge in [0.15, 0.2) is 18.1 Å². The predicted molar refractivity (Wildman–Crippen MR) is 81.4 cm³/mol. The molecular formula is C16H14ClNO4. The molecule has 5 nitrogen and oxygen atoms in total. The van der Waals surface area contributed by atoms with Crippen molar-refractivity contribution >= 4 is 17.5 Å². The monoisotopic (exact) mass is 319 g/mol. The summed E-state index contributed by atoms with van der Waals surface area (Å²) in [4.78, 5) is 11.8. The van der Waals surface area contributed by atoms with Crippen LogP contribution in [0.2, 0.25) is 5.02 Å². The number of halogens is 1. The highest BCUT2D eigenvalue weighted by molar-refractivity contribution is 6.30. The number of carbonyl (C=O) groups is 1. The maximum absolute atomic E-state index is 11.8. The molecule has 6 heteroatoms. The molecule has 22 heavy (non-hydrogen) atoms. The van der Waals surface area contributed by atoms with Crippen molar-refractivity contribution in [3.63, 3.8) is 0 Å². The average Bonchev–Trinajstić information content (AvgIpc) is 3.00. The molecule has 0 saturated heterocycles. The van der Waals surface area contributed by atoms with E-state index in [4.69, 9.17) is 25.8 Å². The van der Waals surface area contributed by atoms with E-state index in [-0.39, 0.29) is 19.3 Å². The normalized spacial score (nSPS) is 12.0. The van der Waals surface area contributed by atoms with Crippen molar-refractivity contribution < 1.29 is 19.0 Å². The number of nitrogens with one attached hydrogen (secondary N) is 1. The maximum Gasteiger partial charge on any atom is 0.258 e. The minimum atomic E-state index is -0.201. The van der Waals surface area contributed by atoms with E-state index in [0.29, 0.717) is 23.1 Å². The topological polar surface area (TPSA) is 56.8 Å². The first-order valence-corrected chi connectivity index (χ1v) is 7.12. The van der Waals surface area contributed by atoms with E-state index >= 15 is 0 Å². The van der Waals surface area contributed by atoms with Gasteiger partial charge in [-0.25, -0.2) is 0 Å². The summed E-state index contributed by atoms with van der Waals surface area (Å²) in [6, 6.07) is 12.4. The molecule has 0 fully saturated rings. The van der Waals surface area contributed by atoms with Crippen molar-refractivity contribution in [2.24, 2.45) is 0 Å². The summed E-state index contributed by atoms with van der Waals surface area (Å²) in [5.74, 6) is 1.82. The standard InChI is InChI=1S/C16H14ClNO4/c17-12-2-4-13(5-3-12)20-9-16(19)18-8-11-1-6-14-15(7-11)22-10-21-14/h1-7H,8-10H2,(H,18,19). The zero-order valence-corrected chi connectivity index (χ0v) is 12.4. The van der Waals surface area contributed by atoms with Gasteiger partial charge in [-0.3, -0.25) is 4.79 Å². The molecule has 2 aromatic rings. The molecule has 3 rings (SSSR count). The molecule has 0 radical (unpaired) electrons. The number of rotatable bonds is 5. The van der Waals surface area contributed by atoms with Crippen LogP contribution >= 0.6 is 11.6 Å². The molecule has 2 aromatic carbocycles. The molecule has 114 valence electrons. The van der Waals surface area contributed by atoms with Crippen LogP contribution in [0.5, 0.6) is 17.2 Å². The fourth-order valence-corrected chi connectivity index (χ4v) is 2.11. The zero-order valence-electron chi connectivity index (χ0n) is 11.7. The van der Waals surface area contributed by atoms with Gasteiger partial charge in [0.25, 0.3) is 5.91 Å². The van der Waals surface area contributed by atoms with E-state index in [1.165, 1.54) is 0 Å². The third-order valence-electron chi connectivity index (χ3n) is 3.11. The van der Waals surface area contributed by atoms with Crippen LogP contribution in [0.1, 0.15) is 5.56 Å². The molecule has 0 atom stereocenters. The maximum atomic E-state index is 11.8. The highest BCUT2D eigenvalue weighted by Crippen LogP contribution is 2.32. The Morgan fingerprint density at radius 2 is 1.91 bits per heavy atom. The van der Waals surface area contributed by atoms with Gasteiger partial charge >= 0.3 is 0 Å². The zero-order chi connectivity index (χ0) is 15.4. The van der Waals surface area contributed by atoms with Gasteiger partial charge in [0.05, 0.1) is 0 Å². The Balaban J connectivity index is 1.47. The van der Waals surface area contributed by atoms with E-state index in [0.717, 1.165) is 11.3 Å². The quantitative estimate of drug-likeness (QED) is 0.920. The number of amides is 1. The summed E-state index contributed by atoms with van der Waals surface area (Å²) >= 11 is 5.78. The molecular weight excluding hydrogens is 306 g/mol. The fraction of sp³-hybridized carbons (Fsp3) is 0.188. The van der Waals surface area contributed by atoms with Crippen molar-refractivity contribution in [1.29, 1.82) is 0 Å². The molecule has 1 aliphatic heterocycles. The Kier molecular flexibility index (Phi) is 4.34. The van der Waals surface area contributed by atoms with E-state index in [1.807, 2.05) is 18.2 Å². The number of fused-ring (bicyclic) bond motifs is 1. The smallest absolute Gasteiger partial charge is 0.258 e. The van der Waals surface area contributed by atoms with E-state index in [2.05, 4.69) is 5.32 Å². The number of carbonyl (C=O) groups excluding carboxylic acids is 1. The van der Waals surface area contributed by atoms with Crippen molar-refractivity contribution in [3.8, 4) is 17.2 Å². The van der Waals surface area contributed by atoms with E-state index in [1.54, 1.807) is 24.3 Å². The number of benzene rings is 2. The molecule has 0 spiro atoms. The van der Waals surface area contributed by atoms with Gasteiger partial charge in [0.2, 0.25) is 6.79 Å². The van der Waals surface area contributed by atoms with E-state index < -0.39 is 0 Å². The molecule has 0 bridgehead atoms. The lowest BCUT2D eigenvalue weighted by atomic mass is 10.2. The minimum absolute atomic E-state index is 0.0494. The summed E-state index contributed by atoms with van der Waals surface area (Å²) in [6.45, 7) is 0.589. The van der Waals surface area contributed by atoms with Crippen LogP contribution in [0.25, 0.3) is 0 Å². The lowest BCUT2D eigenvalue weighted by molar-refractivity contribution is -0.123. The molecule has 1 N–H and O–H groups in total. The van der Waals surface area contributed by atoms with Crippen LogP contribution < -0.4 is 19.5 Å². The van der Waals surface area contributed by atoms with Crippen LogP contribution in [-0.4, -0.2) is 19.3 Å². The van der Waals surface area contributed by atoms with Crippen molar-refractivity contribution in [1.82, 2.24) is 5.32 Å². The van der Waals surface area contributed by atoms with Gasteiger partial charge in [-0.15, -0.1) is 0 Å². The second kappa shape index (κ2) is 6.58. The summed E-state index contributed by atoms with van der Waals surface area (Å²) < 4.78 is 15.9. The number of hydrogen-bond donors (Lipinski definition) is 1. The van der Waals surface area contributed by atoms with Crippen LogP contribution in [0.4, 0.5) is 0 Å². The minimum Gasteiger partial charge on any atom is -0.484 e. The molecule has 0 aromatic heterocycles. The summed E-state index contributed by atoms with van der Waals surface area (Å²) in [6.07, 6.45) is 0. The largest absolute Gasteiger partial charge is 0.484 e. The Hall–Kier alpha value is -2.40. The van der Waals surface area contributed by atoms with Gasteiger partial charge < -0.3 is 19.5 Å². The summed E-state index contributed by atoms with van der Waals surface area (Å²) in [5, 5.41) is 3.41. The predicted octanol–water partition coefficient (Wildman–Crippen LogP) is 2.76. The Morgan fingerprint density at radius 3 is 2.73 bits per heavy atom. The SMILES string of the molecule is O=C(COc1ccc(Cl)cc1)NCc1ccc2c(c1)OCO2. The number of hydrogen-bond acceptors (Lipinski definition) is 4. The Labute approximate surface area is 132 Å². The first-order valence-electron chi connectivity index (χ1n) is 6.74. The van der Waals surface area contributed by atoms with Gasteiger partial charge in [0, 0.05) is 11.6 Å². The lowest BCUT2D eigenvalue weighted by Gasteiger charge is -2.08. The molecule has 1 heterocycles. The third-order valence-corrected chi connectivity index (χ3v) is 3.36. The second-order valence-electron chi connectivity index (χ2n) is 4.71. The second-order valence-corrected chi connectivity index (χ2v) is 5.14. The van der Waals surface area contributed by atoms with E-state index in [9.17, 15) is 4.79 Å². The number of ether oxygens (including phenoxy) is 3. The molecule has 1 amide bonds. The first-order chi connectivity index (χ1) is 10.7. The third kappa shape index (κ3) is 3.62. The van der Waals surface area contributed by atoms with Gasteiger partial charge in [-0.2, -0.15) is 0 Å². The molecule has 0 aliphatic carbocycles. The highest BCUT2D eigenvalue weighted by Gasteiger charge is 2.13. The lowest BCUT2D eigenvalue weighted by Crippen LogP contribution is -2.28. The van der Waals surface area contributed by atoms with Crippen LogP contribution in [0.15, 0.2) is 42.5 Å². The molecule has 1 aliphatic rings. The summed E-state index contributed by atoms with van der Waals surface area (Å²) in [7, 11) is 0. The Morgan fingerprint density at radius 1 is 1.14 bits per heavy atom. The molecule has 0 unspecified atom stereocenters. The van der Waals surface area contributed by atoms with Crippen molar-refractivity contribution in [3.05, 3.63) is 53.1 Å². The van der Waals surface area contributed by atoms with Gasteiger partial charge in [0.1, 0.15) is 5.75 Å². The van der Waals surface area contributed by atoms with Crippen molar-refractivity contribution in [2.75, 3.05) is 13.4 Å². The Bertz CT molecular complexity index is 672. The van der Waals surface area contributed by atoms with Gasteiger partial charge in [-0.05, 0) is 42.0 Å². The van der Waals surface area contributed by atoms with Gasteiger partial charge in [-0.1, -0.05) is 17.7 Å². The first kappa shape index (κ1) is 14.5. The molecule has 0 saturated carbocycles. The summed E-state index contributed by atoms with van der Waals surface area (Å²) in [5.41, 5.74) is 0.934. The highest BCUT2D eigenvalue weighted by atomic mass is 35.5. The van der Waals surface area contributed by atoms with Crippen LogP contribution in [0, 0.1) is 0 Å². The fourth-order valence-electron chi connectivity index (χ4n) is 1.98.